The molecule has 1 heterocycles. The van der Waals surface area contributed by atoms with Gasteiger partial charge in [-0.1, -0.05) is 27.1 Å². The van der Waals surface area contributed by atoms with Gasteiger partial charge in [0.25, 0.3) is 0 Å². The molecule has 0 aliphatic carbocycles. The molecule has 0 amide bonds. The van der Waals surface area contributed by atoms with Gasteiger partial charge in [0, 0.05) is 17.8 Å². The van der Waals surface area contributed by atoms with E-state index >= 15 is 0 Å². The van der Waals surface area contributed by atoms with Crippen LogP contribution in [0.5, 0.6) is 0 Å². The number of hydrogen-bond acceptors (Lipinski definition) is 2. The number of nitrogens with zero attached hydrogens (tertiary/aromatic N) is 2. The van der Waals surface area contributed by atoms with Crippen molar-refractivity contribution in [3.05, 3.63) is 23.8 Å². The number of rotatable bonds is 2. The van der Waals surface area contributed by atoms with E-state index in [4.69, 9.17) is 0 Å². The van der Waals surface area contributed by atoms with E-state index in [1.165, 1.54) is 12.4 Å². The molecule has 0 N–H and O–H groups in total. The van der Waals surface area contributed by atoms with Gasteiger partial charge in [-0.2, -0.15) is 0 Å². The van der Waals surface area contributed by atoms with E-state index in [0.29, 0.717) is 5.82 Å². The van der Waals surface area contributed by atoms with Crippen LogP contribution in [-0.2, 0) is 11.7 Å². The Morgan fingerprint density at radius 1 is 1.12 bits per heavy atom. The minimum Gasteiger partial charge on any atom is -0.449 e. The Balaban J connectivity index is 0.00000225. The van der Waals surface area contributed by atoms with Crippen LogP contribution < -0.4 is 51.4 Å². The minimum absolute atomic E-state index is 0. The van der Waals surface area contributed by atoms with Gasteiger partial charge in [0.05, 0.1) is 0 Å². The Hall–Kier alpha value is 0.571. The molecule has 16 heavy (non-hydrogen) atoms. The summed E-state index contributed by atoms with van der Waals surface area (Å²) in [6, 6.07) is 0. The van der Waals surface area contributed by atoms with Gasteiger partial charge in [-0.25, -0.2) is 9.97 Å². The van der Waals surface area contributed by atoms with Gasteiger partial charge in [-0.15, -0.1) is 0 Å². The summed E-state index contributed by atoms with van der Waals surface area (Å²) in [7, 11) is 0. The van der Waals surface area contributed by atoms with Crippen molar-refractivity contribution in [2.24, 2.45) is 0 Å². The van der Waals surface area contributed by atoms with E-state index in [-0.39, 0.29) is 62.4 Å². The molecule has 0 bridgehead atoms. The third-order valence-corrected chi connectivity index (χ3v) is 1.84. The molecule has 0 spiro atoms. The SMILES string of the molecule is CC(C)(C)c1ncc(C[B-](F)(F)F)cn1.[K+]. The Morgan fingerprint density at radius 2 is 1.56 bits per heavy atom. The summed E-state index contributed by atoms with van der Waals surface area (Å²) in [4.78, 5) is 7.87. The molecule has 7 heteroatoms. The molecule has 0 fully saturated rings. The Bertz CT molecular complexity index is 332. The zero-order chi connectivity index (χ0) is 11.7. The monoisotopic (exact) mass is 256 g/mol. The van der Waals surface area contributed by atoms with Gasteiger partial charge in [0.15, 0.2) is 0 Å². The maximum absolute atomic E-state index is 12.1. The summed E-state index contributed by atoms with van der Waals surface area (Å²) in [6.07, 6.45) is 1.59. The molecule has 2 nitrogen and oxygen atoms in total. The molecule has 84 valence electrons. The zero-order valence-electron chi connectivity index (χ0n) is 9.97. The van der Waals surface area contributed by atoms with E-state index in [9.17, 15) is 12.9 Å². The first kappa shape index (κ1) is 16.6. The van der Waals surface area contributed by atoms with Crippen LogP contribution >= 0.6 is 0 Å². The molecular formula is C9H13BF3KN2. The quantitative estimate of drug-likeness (QED) is 0.679. The van der Waals surface area contributed by atoms with Gasteiger partial charge in [0.2, 0.25) is 0 Å². The largest absolute Gasteiger partial charge is 1.00 e. The van der Waals surface area contributed by atoms with Crippen molar-refractivity contribution < 1.29 is 64.3 Å². The van der Waals surface area contributed by atoms with Crippen LogP contribution in [0.4, 0.5) is 12.9 Å². The van der Waals surface area contributed by atoms with Crippen molar-refractivity contribution in [2.45, 2.75) is 32.5 Å². The van der Waals surface area contributed by atoms with Crippen molar-refractivity contribution in [2.75, 3.05) is 0 Å². The van der Waals surface area contributed by atoms with Crippen LogP contribution in [0.1, 0.15) is 32.2 Å². The van der Waals surface area contributed by atoms with Crippen LogP contribution in [0.3, 0.4) is 0 Å². The van der Waals surface area contributed by atoms with E-state index in [1.807, 2.05) is 20.8 Å². The van der Waals surface area contributed by atoms with Crippen molar-refractivity contribution in [1.29, 1.82) is 0 Å². The normalized spacial score (nSPS) is 12.1. The predicted molar refractivity (Wildman–Crippen MR) is 53.5 cm³/mol. The third-order valence-electron chi connectivity index (χ3n) is 1.84. The van der Waals surface area contributed by atoms with Crippen molar-refractivity contribution in [3.63, 3.8) is 0 Å². The Morgan fingerprint density at radius 3 is 1.88 bits per heavy atom. The summed E-state index contributed by atoms with van der Waals surface area (Å²) in [5.74, 6) is 0.556. The standard InChI is InChI=1S/C9H13BF3N2.K/c1-9(2,3)8-14-5-7(6-15-8)4-10(11,12)13;/h5-6H,4H2,1-3H3;/q-1;+1. The summed E-state index contributed by atoms with van der Waals surface area (Å²) in [6.45, 7) is 0.933. The second-order valence-electron chi connectivity index (χ2n) is 4.58. The van der Waals surface area contributed by atoms with E-state index < -0.39 is 13.3 Å². The summed E-state index contributed by atoms with van der Waals surface area (Å²) in [5, 5.41) is 0. The van der Waals surface area contributed by atoms with Gasteiger partial charge in [-0.05, 0) is 5.56 Å². The van der Waals surface area contributed by atoms with Crippen molar-refractivity contribution in [1.82, 2.24) is 9.97 Å². The molecule has 1 rings (SSSR count). The smallest absolute Gasteiger partial charge is 0.449 e. The second-order valence-corrected chi connectivity index (χ2v) is 4.58. The molecule has 1 aromatic rings. The second kappa shape index (κ2) is 5.95. The topological polar surface area (TPSA) is 25.8 Å². The molecule has 0 radical (unpaired) electrons. The van der Waals surface area contributed by atoms with E-state index in [2.05, 4.69) is 9.97 Å². The van der Waals surface area contributed by atoms with Crippen LogP contribution in [0.25, 0.3) is 0 Å². The average molecular weight is 256 g/mol. The summed E-state index contributed by atoms with van der Waals surface area (Å²) in [5.41, 5.74) is -0.113. The van der Waals surface area contributed by atoms with Gasteiger partial charge >= 0.3 is 58.4 Å². The molecule has 0 aliphatic heterocycles. The molecule has 0 saturated heterocycles. The van der Waals surface area contributed by atoms with Crippen molar-refractivity contribution >= 4 is 6.98 Å². The van der Waals surface area contributed by atoms with Crippen LogP contribution in [-0.4, -0.2) is 16.9 Å². The van der Waals surface area contributed by atoms with Gasteiger partial charge in [-0.3, -0.25) is 0 Å². The maximum Gasteiger partial charge on any atom is 1.00 e. The minimum atomic E-state index is -4.80. The molecule has 0 unspecified atom stereocenters. The van der Waals surface area contributed by atoms with Crippen LogP contribution in [0.15, 0.2) is 12.4 Å². The Labute approximate surface area is 136 Å². The molecule has 1 aromatic heterocycles. The van der Waals surface area contributed by atoms with E-state index in [0.717, 1.165) is 0 Å². The first-order valence-electron chi connectivity index (χ1n) is 4.71. The number of hydrogen-bond donors (Lipinski definition) is 0. The van der Waals surface area contributed by atoms with E-state index in [1.54, 1.807) is 0 Å². The molecular weight excluding hydrogens is 243 g/mol. The maximum atomic E-state index is 12.1. The summed E-state index contributed by atoms with van der Waals surface area (Å²) >= 11 is 0. The fraction of sp³-hybridized carbons (Fsp3) is 0.556. The summed E-state index contributed by atoms with van der Waals surface area (Å²) < 4.78 is 36.2. The predicted octanol–water partition coefficient (Wildman–Crippen LogP) is -0.293. The Kier molecular flexibility index (Phi) is 6.16. The fourth-order valence-electron chi connectivity index (χ4n) is 1.11. The van der Waals surface area contributed by atoms with Crippen LogP contribution in [0, 0.1) is 0 Å². The fourth-order valence-corrected chi connectivity index (χ4v) is 1.11. The number of halogens is 3. The number of aromatic nitrogens is 2. The first-order valence-corrected chi connectivity index (χ1v) is 4.71. The molecule has 0 saturated carbocycles. The van der Waals surface area contributed by atoms with Gasteiger partial charge < -0.3 is 12.9 Å². The first-order chi connectivity index (χ1) is 6.68. The molecule has 0 aromatic carbocycles. The van der Waals surface area contributed by atoms with Gasteiger partial charge in [0.1, 0.15) is 5.82 Å². The zero-order valence-corrected chi connectivity index (χ0v) is 13.1. The molecule has 0 atom stereocenters. The third kappa shape index (κ3) is 5.77. The molecule has 0 aliphatic rings. The van der Waals surface area contributed by atoms with Crippen molar-refractivity contribution in [3.8, 4) is 0 Å². The average Bonchev–Trinajstić information content (AvgIpc) is 2.00. The van der Waals surface area contributed by atoms with Crippen LogP contribution in [0.2, 0.25) is 0 Å².